The Bertz CT molecular complexity index is 714. The van der Waals surface area contributed by atoms with Crippen LogP contribution < -0.4 is 34.9 Å². The summed E-state index contributed by atoms with van der Waals surface area (Å²) in [6.07, 6.45) is 0. The first-order chi connectivity index (χ1) is 11.2. The molecule has 1 aliphatic rings. The number of nitriles is 4. The molecule has 0 aliphatic heterocycles. The van der Waals surface area contributed by atoms with Gasteiger partial charge in [0.15, 0.2) is 0 Å². The van der Waals surface area contributed by atoms with Gasteiger partial charge in [0.2, 0.25) is 5.91 Å². The average Bonchev–Trinajstić information content (AvgIpc) is 2.92. The van der Waals surface area contributed by atoms with Crippen molar-refractivity contribution in [3.05, 3.63) is 65.5 Å². The number of amides is 1. The minimum Gasteiger partial charge on any atom is -0.351 e. The number of carbonyl (C=O) groups is 1. The molecule has 0 aromatic heterocycles. The summed E-state index contributed by atoms with van der Waals surface area (Å²) in [5.41, 5.74) is 0.838. The second-order valence-electron chi connectivity index (χ2n) is 4.49. The summed E-state index contributed by atoms with van der Waals surface area (Å²) in [5, 5.41) is 39.2. The summed E-state index contributed by atoms with van der Waals surface area (Å²) in [7, 11) is 0. The van der Waals surface area contributed by atoms with E-state index in [1.807, 2.05) is 30.3 Å². The predicted octanol–water partition coefficient (Wildman–Crippen LogP) is -1.71. The second-order valence-corrected chi connectivity index (χ2v) is 4.49. The zero-order valence-electron chi connectivity index (χ0n) is 12.8. The van der Waals surface area contributed by atoms with Crippen LogP contribution >= 0.6 is 0 Å². The quantitative estimate of drug-likeness (QED) is 0.664. The molecule has 1 N–H and O–H groups in total. The van der Waals surface area contributed by atoms with Crippen LogP contribution in [0.1, 0.15) is 5.56 Å². The molecule has 6 nitrogen and oxygen atoms in total. The van der Waals surface area contributed by atoms with Crippen LogP contribution in [0.4, 0.5) is 0 Å². The largest absolute Gasteiger partial charge is 1.00 e. The van der Waals surface area contributed by atoms with Gasteiger partial charge in [0.25, 0.3) is 0 Å². The Morgan fingerprint density at radius 2 is 1.29 bits per heavy atom. The third-order valence-corrected chi connectivity index (χ3v) is 3.22. The Kier molecular flexibility index (Phi) is 7.44. The number of nitrogens with zero attached hydrogens (tertiary/aromatic N) is 4. The molecule has 1 amide bonds. The Morgan fingerprint density at radius 3 is 1.71 bits per heavy atom. The zero-order chi connectivity index (χ0) is 16.8. The van der Waals surface area contributed by atoms with Crippen molar-refractivity contribution in [3.63, 3.8) is 0 Å². The van der Waals surface area contributed by atoms with Crippen LogP contribution in [0.25, 0.3) is 0 Å². The smallest absolute Gasteiger partial charge is 0.351 e. The van der Waals surface area contributed by atoms with E-state index in [-0.39, 0.29) is 65.7 Å². The monoisotopic (exact) mass is 321 g/mol. The number of rotatable bonds is 3. The van der Waals surface area contributed by atoms with E-state index < -0.39 is 5.91 Å². The van der Waals surface area contributed by atoms with Crippen LogP contribution in [0, 0.1) is 74.9 Å². The minimum absolute atomic E-state index is 0. The molecule has 24 heavy (non-hydrogen) atoms. The van der Waals surface area contributed by atoms with Crippen molar-refractivity contribution >= 4 is 5.91 Å². The number of carbonyl (C=O) groups excluding carboxylic acids is 1. The van der Waals surface area contributed by atoms with Crippen molar-refractivity contribution in [2.75, 3.05) is 0 Å². The van der Waals surface area contributed by atoms with E-state index in [2.05, 4.69) is 5.32 Å². The Hall–Kier alpha value is -2.35. The van der Waals surface area contributed by atoms with Crippen LogP contribution in [0.2, 0.25) is 0 Å². The molecule has 0 atom stereocenters. The predicted molar refractivity (Wildman–Crippen MR) is 77.0 cm³/mol. The van der Waals surface area contributed by atoms with Crippen molar-refractivity contribution in [1.29, 1.82) is 21.0 Å². The van der Waals surface area contributed by atoms with Gasteiger partial charge in [-0.15, -0.1) is 0 Å². The van der Waals surface area contributed by atoms with Crippen molar-refractivity contribution in [1.82, 2.24) is 5.32 Å². The number of benzene rings is 1. The van der Waals surface area contributed by atoms with Crippen LogP contribution in [0.3, 0.4) is 0 Å². The fraction of sp³-hybridized carbons (Fsp3) is 0.0588. The van der Waals surface area contributed by atoms with Crippen molar-refractivity contribution in [3.8, 4) is 24.3 Å². The third-order valence-electron chi connectivity index (χ3n) is 3.22. The first-order valence-electron chi connectivity index (χ1n) is 6.47. The van der Waals surface area contributed by atoms with Gasteiger partial charge in [0.05, 0.1) is 24.3 Å². The first kappa shape index (κ1) is 19.7. The van der Waals surface area contributed by atoms with Gasteiger partial charge < -0.3 is 5.32 Å². The summed E-state index contributed by atoms with van der Waals surface area (Å²) in [4.78, 5) is 12.3. The Balaban J connectivity index is 0.00000288. The molecule has 1 fully saturated rings. The van der Waals surface area contributed by atoms with E-state index in [9.17, 15) is 15.3 Å². The molecule has 1 aromatic carbocycles. The fourth-order valence-corrected chi connectivity index (χ4v) is 2.17. The summed E-state index contributed by atoms with van der Waals surface area (Å²) < 4.78 is 0. The van der Waals surface area contributed by atoms with E-state index in [4.69, 9.17) is 10.5 Å². The number of nitrogens with one attached hydrogen (secondary N) is 1. The van der Waals surface area contributed by atoms with Gasteiger partial charge in [-0.1, -0.05) is 30.3 Å². The average molecular weight is 321 g/mol. The maximum Gasteiger partial charge on any atom is 1.00 e. The van der Waals surface area contributed by atoms with Gasteiger partial charge in [-0.3, -0.25) is 4.79 Å². The topological polar surface area (TPSA) is 124 Å². The molecule has 1 aromatic rings. The van der Waals surface area contributed by atoms with Gasteiger partial charge in [-0.05, 0) is 5.56 Å². The van der Waals surface area contributed by atoms with E-state index in [0.29, 0.717) is 0 Å². The molecule has 0 spiro atoms. The van der Waals surface area contributed by atoms with Crippen molar-refractivity contribution in [2.45, 2.75) is 6.54 Å². The molecule has 7 heteroatoms. The fourth-order valence-electron chi connectivity index (χ4n) is 2.17. The van der Waals surface area contributed by atoms with E-state index in [0.717, 1.165) is 5.56 Å². The molecular formula is C17H8N5NaO+. The molecule has 0 heterocycles. The van der Waals surface area contributed by atoms with Crippen molar-refractivity contribution < 1.29 is 34.4 Å². The number of hydrogen-bond donors (Lipinski definition) is 1. The van der Waals surface area contributed by atoms with Crippen LogP contribution in [0.15, 0.2) is 30.3 Å². The van der Waals surface area contributed by atoms with Gasteiger partial charge >= 0.3 is 29.6 Å². The van der Waals surface area contributed by atoms with E-state index >= 15 is 0 Å². The summed E-state index contributed by atoms with van der Waals surface area (Å²) in [6, 6.07) is 16.0. The van der Waals surface area contributed by atoms with Crippen LogP contribution in [-0.4, -0.2) is 5.91 Å². The molecule has 1 saturated carbocycles. The molecule has 0 bridgehead atoms. The van der Waals surface area contributed by atoms with Crippen LogP contribution in [0.5, 0.6) is 0 Å². The maximum absolute atomic E-state index is 12.3. The summed E-state index contributed by atoms with van der Waals surface area (Å²) in [6.45, 7) is 0.199. The number of hydrogen-bond acceptors (Lipinski definition) is 5. The van der Waals surface area contributed by atoms with Gasteiger partial charge in [-0.2, -0.15) is 21.0 Å². The van der Waals surface area contributed by atoms with Crippen LogP contribution in [-0.2, 0) is 11.3 Å². The van der Waals surface area contributed by atoms with Gasteiger partial charge in [-0.25, -0.2) is 0 Å². The molecular weight excluding hydrogens is 313 g/mol. The molecule has 1 aliphatic carbocycles. The molecule has 2 rings (SSSR count). The molecule has 0 saturated heterocycles. The summed E-state index contributed by atoms with van der Waals surface area (Å²) >= 11 is 0. The Labute approximate surface area is 162 Å². The Morgan fingerprint density at radius 1 is 0.833 bits per heavy atom. The van der Waals surface area contributed by atoms with Gasteiger partial charge in [0.1, 0.15) is 29.6 Å². The maximum atomic E-state index is 12.3. The van der Waals surface area contributed by atoms with Crippen molar-refractivity contribution in [2.24, 2.45) is 0 Å². The zero-order valence-corrected chi connectivity index (χ0v) is 14.8. The minimum atomic E-state index is -0.667. The second kappa shape index (κ2) is 9.07. The molecule has 107 valence electrons. The summed E-state index contributed by atoms with van der Waals surface area (Å²) in [5.74, 6) is -1.86. The standard InChI is InChI=1S/C17H8N5O.Na/c18-6-12-13(7-19)15(9-21)16(14(12)8-20)17(23)22-10-11-4-2-1-3-5-11;/h1-5H,10H2,(H,22,23);/q;+1. The van der Waals surface area contributed by atoms with E-state index in [1.54, 1.807) is 24.3 Å². The molecule has 0 unspecified atom stereocenters. The third kappa shape index (κ3) is 3.76. The molecule has 5 radical (unpaired) electrons. The SMILES string of the molecule is N#C[C]1[C](C#N)[C](C#N)[C](C(=O)NCc2ccccc2)[C]1C#N.[Na+]. The van der Waals surface area contributed by atoms with Gasteiger partial charge in [0, 0.05) is 6.54 Å². The normalized spacial score (nSPS) is 16.2. The first-order valence-corrected chi connectivity index (χ1v) is 6.47. The van der Waals surface area contributed by atoms with E-state index in [1.165, 1.54) is 0 Å².